The summed E-state index contributed by atoms with van der Waals surface area (Å²) in [5.41, 5.74) is 7.35. The maximum Gasteiger partial charge on any atom is 0.340 e. The number of rotatable bonds is 5. The molecule has 0 saturated carbocycles. The molecule has 5 heteroatoms. The normalized spacial score (nSPS) is 10.4. The minimum Gasteiger partial charge on any atom is -0.462 e. The van der Waals surface area contributed by atoms with Gasteiger partial charge in [-0.15, -0.1) is 0 Å². The lowest BCUT2D eigenvalue weighted by Gasteiger charge is -2.09. The number of nitrogen functional groups attached to an aromatic ring is 1. The lowest BCUT2D eigenvalue weighted by atomic mass is 10.1. The third-order valence-electron chi connectivity index (χ3n) is 3.00. The summed E-state index contributed by atoms with van der Waals surface area (Å²) in [6.45, 7) is 0.317. The molecule has 21 heavy (non-hydrogen) atoms. The Kier molecular flexibility index (Phi) is 5.48. The Labute approximate surface area is 133 Å². The zero-order valence-corrected chi connectivity index (χ0v) is 12.8. The van der Waals surface area contributed by atoms with Crippen LogP contribution < -0.4 is 5.73 Å². The van der Waals surface area contributed by atoms with Gasteiger partial charge in [-0.1, -0.05) is 53.5 Å². The number of aryl methyl sites for hydroxylation is 1. The zero-order valence-electron chi connectivity index (χ0n) is 11.3. The van der Waals surface area contributed by atoms with Gasteiger partial charge in [0.05, 0.1) is 22.9 Å². The van der Waals surface area contributed by atoms with Gasteiger partial charge in [-0.3, -0.25) is 0 Å². The SMILES string of the molecule is Nc1c(Cl)cc(Cl)cc1C(=O)OCCCc1ccccc1. The average molecular weight is 324 g/mol. The zero-order chi connectivity index (χ0) is 15.2. The highest BCUT2D eigenvalue weighted by atomic mass is 35.5. The van der Waals surface area contributed by atoms with Gasteiger partial charge in [0.1, 0.15) is 0 Å². The molecule has 0 spiro atoms. The molecule has 0 aliphatic heterocycles. The lowest BCUT2D eigenvalue weighted by Crippen LogP contribution is -2.10. The number of benzene rings is 2. The molecule has 0 bridgehead atoms. The van der Waals surface area contributed by atoms with Gasteiger partial charge in [0.25, 0.3) is 0 Å². The van der Waals surface area contributed by atoms with Crippen LogP contribution in [-0.4, -0.2) is 12.6 Å². The molecule has 0 saturated heterocycles. The van der Waals surface area contributed by atoms with Crippen molar-refractivity contribution in [3.8, 4) is 0 Å². The van der Waals surface area contributed by atoms with E-state index in [1.54, 1.807) is 0 Å². The summed E-state index contributed by atoms with van der Waals surface area (Å²) < 4.78 is 5.20. The predicted molar refractivity (Wildman–Crippen MR) is 85.9 cm³/mol. The van der Waals surface area contributed by atoms with Crippen LogP contribution in [-0.2, 0) is 11.2 Å². The van der Waals surface area contributed by atoms with Crippen LogP contribution in [0.1, 0.15) is 22.3 Å². The smallest absolute Gasteiger partial charge is 0.340 e. The number of nitrogens with two attached hydrogens (primary N) is 1. The van der Waals surface area contributed by atoms with Gasteiger partial charge in [0.15, 0.2) is 0 Å². The van der Waals surface area contributed by atoms with E-state index in [1.165, 1.54) is 17.7 Å². The molecule has 0 aliphatic rings. The van der Waals surface area contributed by atoms with Gasteiger partial charge in [-0.2, -0.15) is 0 Å². The molecule has 110 valence electrons. The molecule has 3 nitrogen and oxygen atoms in total. The number of esters is 1. The minimum atomic E-state index is -0.509. The highest BCUT2D eigenvalue weighted by Gasteiger charge is 2.14. The Bertz CT molecular complexity index is 630. The Hall–Kier alpha value is -1.71. The largest absolute Gasteiger partial charge is 0.462 e. The number of hydrogen-bond acceptors (Lipinski definition) is 3. The summed E-state index contributed by atoms with van der Waals surface area (Å²) in [4.78, 5) is 12.0. The van der Waals surface area contributed by atoms with E-state index in [2.05, 4.69) is 0 Å². The first-order chi connectivity index (χ1) is 10.1. The topological polar surface area (TPSA) is 52.3 Å². The van der Waals surface area contributed by atoms with E-state index in [1.807, 2.05) is 30.3 Å². The molecule has 0 atom stereocenters. The van der Waals surface area contributed by atoms with Crippen LogP contribution in [0.2, 0.25) is 10.0 Å². The van der Waals surface area contributed by atoms with Crippen molar-refractivity contribution in [2.24, 2.45) is 0 Å². The van der Waals surface area contributed by atoms with E-state index in [9.17, 15) is 4.79 Å². The minimum absolute atomic E-state index is 0.189. The summed E-state index contributed by atoms with van der Waals surface area (Å²) in [5.74, 6) is -0.509. The molecular weight excluding hydrogens is 309 g/mol. The van der Waals surface area contributed by atoms with E-state index in [0.717, 1.165) is 12.8 Å². The fourth-order valence-electron chi connectivity index (χ4n) is 1.92. The van der Waals surface area contributed by atoms with Crippen molar-refractivity contribution in [2.75, 3.05) is 12.3 Å². The van der Waals surface area contributed by atoms with Crippen LogP contribution in [0.25, 0.3) is 0 Å². The Morgan fingerprint density at radius 1 is 1.14 bits per heavy atom. The monoisotopic (exact) mass is 323 g/mol. The molecule has 0 aliphatic carbocycles. The van der Waals surface area contributed by atoms with Gasteiger partial charge < -0.3 is 10.5 Å². The first-order valence-electron chi connectivity index (χ1n) is 6.53. The highest BCUT2D eigenvalue weighted by molar-refractivity contribution is 6.37. The summed E-state index contributed by atoms with van der Waals surface area (Å²) in [6.07, 6.45) is 1.59. The second-order valence-electron chi connectivity index (χ2n) is 4.57. The summed E-state index contributed by atoms with van der Waals surface area (Å²) in [7, 11) is 0. The van der Waals surface area contributed by atoms with Gasteiger partial charge in [-0.25, -0.2) is 4.79 Å². The number of halogens is 2. The molecule has 0 unspecified atom stereocenters. The van der Waals surface area contributed by atoms with Crippen LogP contribution in [0.3, 0.4) is 0 Å². The molecule has 0 heterocycles. The van der Waals surface area contributed by atoms with Gasteiger partial charge in [0, 0.05) is 5.02 Å². The fourth-order valence-corrected chi connectivity index (χ4v) is 2.41. The quantitative estimate of drug-likeness (QED) is 0.505. The number of anilines is 1. The van der Waals surface area contributed by atoms with Crippen molar-refractivity contribution in [1.29, 1.82) is 0 Å². The summed E-state index contributed by atoms with van der Waals surface area (Å²) in [5, 5.41) is 0.601. The highest BCUT2D eigenvalue weighted by Crippen LogP contribution is 2.28. The Morgan fingerprint density at radius 2 is 1.86 bits per heavy atom. The average Bonchev–Trinajstić information content (AvgIpc) is 2.48. The molecule has 0 aromatic heterocycles. The predicted octanol–water partition coefficient (Wildman–Crippen LogP) is 4.37. The molecule has 0 amide bonds. The van der Waals surface area contributed by atoms with Crippen molar-refractivity contribution in [3.05, 3.63) is 63.6 Å². The van der Waals surface area contributed by atoms with Crippen molar-refractivity contribution in [1.82, 2.24) is 0 Å². The molecule has 0 radical (unpaired) electrons. The van der Waals surface area contributed by atoms with Gasteiger partial charge >= 0.3 is 5.97 Å². The van der Waals surface area contributed by atoms with E-state index in [4.69, 9.17) is 33.7 Å². The Balaban J connectivity index is 1.88. The third-order valence-corrected chi connectivity index (χ3v) is 3.53. The molecule has 2 rings (SSSR count). The first kappa shape index (κ1) is 15.7. The first-order valence-corrected chi connectivity index (χ1v) is 7.29. The fraction of sp³-hybridized carbons (Fsp3) is 0.188. The summed E-state index contributed by atoms with van der Waals surface area (Å²) in [6, 6.07) is 13.0. The van der Waals surface area contributed by atoms with E-state index in [-0.39, 0.29) is 16.3 Å². The summed E-state index contributed by atoms with van der Waals surface area (Å²) >= 11 is 11.7. The number of carbonyl (C=O) groups excluding carboxylic acids is 1. The maximum absolute atomic E-state index is 12.0. The van der Waals surface area contributed by atoms with Crippen LogP contribution in [0, 0.1) is 0 Å². The van der Waals surface area contributed by atoms with Crippen molar-refractivity contribution in [3.63, 3.8) is 0 Å². The lowest BCUT2D eigenvalue weighted by molar-refractivity contribution is 0.0502. The molecule has 0 fully saturated rings. The third kappa shape index (κ3) is 4.38. The second-order valence-corrected chi connectivity index (χ2v) is 5.42. The van der Waals surface area contributed by atoms with Crippen LogP contribution in [0.5, 0.6) is 0 Å². The number of carbonyl (C=O) groups is 1. The van der Waals surface area contributed by atoms with Crippen molar-refractivity contribution >= 4 is 34.9 Å². The van der Waals surface area contributed by atoms with Crippen LogP contribution >= 0.6 is 23.2 Å². The van der Waals surface area contributed by atoms with E-state index in [0.29, 0.717) is 11.6 Å². The van der Waals surface area contributed by atoms with Crippen LogP contribution in [0.15, 0.2) is 42.5 Å². The molecule has 2 N–H and O–H groups in total. The van der Waals surface area contributed by atoms with E-state index < -0.39 is 5.97 Å². The second kappa shape index (κ2) is 7.34. The van der Waals surface area contributed by atoms with E-state index >= 15 is 0 Å². The number of ether oxygens (including phenoxy) is 1. The molecule has 2 aromatic rings. The number of hydrogen-bond donors (Lipinski definition) is 1. The molecule has 2 aromatic carbocycles. The van der Waals surface area contributed by atoms with Crippen molar-refractivity contribution < 1.29 is 9.53 Å². The van der Waals surface area contributed by atoms with Crippen LogP contribution in [0.4, 0.5) is 5.69 Å². The Morgan fingerprint density at radius 3 is 2.57 bits per heavy atom. The maximum atomic E-state index is 12.0. The van der Waals surface area contributed by atoms with Gasteiger partial charge in [0.2, 0.25) is 0 Å². The molecular formula is C16H15Cl2NO2. The van der Waals surface area contributed by atoms with Gasteiger partial charge in [-0.05, 0) is 30.5 Å². The standard InChI is InChI=1S/C16H15Cl2NO2/c17-12-9-13(15(19)14(18)10-12)16(20)21-8-4-7-11-5-2-1-3-6-11/h1-3,5-6,9-10H,4,7-8,19H2. The van der Waals surface area contributed by atoms with Crippen molar-refractivity contribution in [2.45, 2.75) is 12.8 Å².